The molecule has 3 N–H and O–H groups in total. The van der Waals surface area contributed by atoms with E-state index in [1.54, 1.807) is 30.1 Å². The van der Waals surface area contributed by atoms with Gasteiger partial charge in [-0.05, 0) is 25.0 Å². The highest BCUT2D eigenvalue weighted by atomic mass is 35.5. The largest absolute Gasteiger partial charge is 0.378 e. The topological polar surface area (TPSA) is 95.1 Å². The Hall–Kier alpha value is -3.25. The van der Waals surface area contributed by atoms with Crippen molar-refractivity contribution in [2.75, 3.05) is 18.5 Å². The van der Waals surface area contributed by atoms with Crippen LogP contribution in [0.25, 0.3) is 21.7 Å². The normalized spacial score (nSPS) is 17.3. The molecular weight excluding hydrogens is 539 g/mol. The fourth-order valence-corrected chi connectivity index (χ4v) is 4.71. The van der Waals surface area contributed by atoms with E-state index in [0.717, 1.165) is 24.2 Å². The van der Waals surface area contributed by atoms with Crippen LogP contribution in [0.5, 0.6) is 0 Å². The number of rotatable bonds is 4. The number of benzene rings is 2. The summed E-state index contributed by atoms with van der Waals surface area (Å²) in [6.07, 6.45) is 3.84. The van der Waals surface area contributed by atoms with Gasteiger partial charge in [0.15, 0.2) is 0 Å². The van der Waals surface area contributed by atoms with Crippen molar-refractivity contribution in [3.05, 3.63) is 76.5 Å². The molecule has 1 aliphatic rings. The van der Waals surface area contributed by atoms with E-state index < -0.39 is 23.7 Å². The molecule has 0 saturated carbocycles. The van der Waals surface area contributed by atoms with E-state index in [1.165, 1.54) is 35.8 Å². The minimum atomic E-state index is -0.951. The molecule has 1 aliphatic heterocycles. The lowest BCUT2D eigenvalue weighted by Crippen LogP contribution is -2.32. The maximum Gasteiger partial charge on any atom is 0.275 e. The van der Waals surface area contributed by atoms with E-state index in [0.29, 0.717) is 17.3 Å². The molecule has 2 unspecified atom stereocenters. The van der Waals surface area contributed by atoms with Gasteiger partial charge in [-0.3, -0.25) is 9.48 Å². The quantitative estimate of drug-likeness (QED) is 0.324. The second kappa shape index (κ2) is 12.5. The molecule has 12 heteroatoms. The van der Waals surface area contributed by atoms with Crippen LogP contribution in [-0.2, 0) is 11.8 Å². The van der Waals surface area contributed by atoms with Gasteiger partial charge in [0.25, 0.3) is 5.91 Å². The summed E-state index contributed by atoms with van der Waals surface area (Å²) in [5.41, 5.74) is 6.39. The number of nitrogens with zero attached hydrogens (tertiary/aromatic N) is 3. The molecule has 0 spiro atoms. The average molecular weight is 564 g/mol. The Morgan fingerprint density at radius 2 is 1.89 bits per heavy atom. The molecule has 5 rings (SSSR count). The zero-order valence-corrected chi connectivity index (χ0v) is 21.9. The first kappa shape index (κ1) is 27.8. The number of nitrogens with one attached hydrogen (secondary N) is 1. The zero-order chi connectivity index (χ0) is 27.2. The van der Waals surface area contributed by atoms with Crippen LogP contribution >= 0.6 is 22.9 Å². The maximum atomic E-state index is 15.2. The predicted octanol–water partition coefficient (Wildman–Crippen LogP) is 5.86. The van der Waals surface area contributed by atoms with Gasteiger partial charge in [0.05, 0.1) is 23.5 Å². The van der Waals surface area contributed by atoms with Crippen molar-refractivity contribution in [1.29, 1.82) is 0 Å². The number of hydrogen-bond donors (Lipinski definition) is 2. The fourth-order valence-electron chi connectivity index (χ4n) is 3.72. The maximum absolute atomic E-state index is 15.2. The Morgan fingerprint density at radius 3 is 2.63 bits per heavy atom. The van der Waals surface area contributed by atoms with Gasteiger partial charge in [-0.15, -0.1) is 11.3 Å². The highest BCUT2D eigenvalue weighted by Gasteiger charge is 2.20. The second-order valence-corrected chi connectivity index (χ2v) is 9.83. The number of nitrogens with two attached hydrogens (primary N) is 1. The van der Waals surface area contributed by atoms with Crippen molar-refractivity contribution >= 4 is 34.5 Å². The van der Waals surface area contributed by atoms with Crippen molar-refractivity contribution < 1.29 is 22.7 Å². The van der Waals surface area contributed by atoms with Crippen LogP contribution in [0.2, 0.25) is 5.02 Å². The van der Waals surface area contributed by atoms with Gasteiger partial charge in [-0.25, -0.2) is 18.2 Å². The summed E-state index contributed by atoms with van der Waals surface area (Å²) in [7, 11) is 1.73. The molecule has 4 aromatic rings. The third kappa shape index (κ3) is 6.60. The van der Waals surface area contributed by atoms with E-state index in [9.17, 15) is 13.6 Å². The number of aromatic nitrogens is 3. The van der Waals surface area contributed by atoms with Crippen molar-refractivity contribution in [2.45, 2.75) is 25.1 Å². The van der Waals surface area contributed by atoms with Crippen LogP contribution in [-0.4, -0.2) is 46.1 Å². The van der Waals surface area contributed by atoms with Crippen LogP contribution in [0, 0.1) is 11.6 Å². The summed E-state index contributed by atoms with van der Waals surface area (Å²) >= 11 is 6.94. The molecule has 7 nitrogen and oxygen atoms in total. The molecule has 0 aliphatic carbocycles. The van der Waals surface area contributed by atoms with Gasteiger partial charge >= 0.3 is 0 Å². The standard InChI is InChI=1S/C20H13ClF2N4OS.C6H12FNO/c1-27-9-11(8-24-27)25-19(28)16-10-29-20(26-16)14-6-2-4-12(17(14)22)13-5-3-7-15(21)18(13)23;7-5-4-9-3-1-2-6(5)8/h2-10H,1H3,(H,25,28);5-6H,1-4,8H2. The van der Waals surface area contributed by atoms with E-state index in [2.05, 4.69) is 15.4 Å². The monoisotopic (exact) mass is 563 g/mol. The van der Waals surface area contributed by atoms with Gasteiger partial charge in [-0.1, -0.05) is 35.9 Å². The molecule has 3 heterocycles. The van der Waals surface area contributed by atoms with Crippen molar-refractivity contribution in [1.82, 2.24) is 14.8 Å². The van der Waals surface area contributed by atoms with Gasteiger partial charge < -0.3 is 15.8 Å². The lowest BCUT2D eigenvalue weighted by molar-refractivity contribution is 0.0923. The lowest BCUT2D eigenvalue weighted by Gasteiger charge is -2.10. The molecule has 0 radical (unpaired) electrons. The van der Waals surface area contributed by atoms with Gasteiger partial charge in [0.1, 0.15) is 28.5 Å². The molecule has 1 fully saturated rings. The number of carbonyl (C=O) groups excluding carboxylic acids is 1. The summed E-state index contributed by atoms with van der Waals surface area (Å²) in [5.74, 6) is -1.76. The number of aryl methyl sites for hydroxylation is 1. The average Bonchev–Trinajstić information content (AvgIpc) is 3.50. The number of amides is 1. The lowest BCUT2D eigenvalue weighted by atomic mass is 10.0. The van der Waals surface area contributed by atoms with Gasteiger partial charge in [-0.2, -0.15) is 5.10 Å². The Balaban J connectivity index is 0.000000317. The Morgan fingerprint density at radius 1 is 1.18 bits per heavy atom. The number of anilines is 1. The Labute approximate surface area is 226 Å². The van der Waals surface area contributed by atoms with Crippen molar-refractivity contribution in [3.63, 3.8) is 0 Å². The number of ether oxygens (including phenoxy) is 1. The molecular formula is C26H25ClF3N5O2S. The summed E-state index contributed by atoms with van der Waals surface area (Å²) in [4.78, 5) is 16.6. The molecule has 38 heavy (non-hydrogen) atoms. The summed E-state index contributed by atoms with van der Waals surface area (Å²) in [6, 6.07) is 8.71. The fraction of sp³-hybridized carbons (Fsp3) is 0.269. The highest BCUT2D eigenvalue weighted by molar-refractivity contribution is 7.13. The minimum Gasteiger partial charge on any atom is -0.378 e. The van der Waals surface area contributed by atoms with Crippen LogP contribution in [0.1, 0.15) is 23.3 Å². The number of hydrogen-bond acceptors (Lipinski definition) is 6. The van der Waals surface area contributed by atoms with Crippen LogP contribution < -0.4 is 11.1 Å². The number of thiazole rings is 1. The molecule has 0 bridgehead atoms. The number of halogens is 4. The third-order valence-corrected chi connectivity index (χ3v) is 6.91. The molecule has 2 aromatic heterocycles. The number of carbonyl (C=O) groups is 1. The van der Waals surface area contributed by atoms with Crippen LogP contribution in [0.4, 0.5) is 18.9 Å². The first-order valence-electron chi connectivity index (χ1n) is 11.7. The van der Waals surface area contributed by atoms with E-state index in [1.807, 2.05) is 0 Å². The van der Waals surface area contributed by atoms with E-state index in [-0.39, 0.29) is 40.1 Å². The number of alkyl halides is 1. The van der Waals surface area contributed by atoms with Crippen molar-refractivity contribution in [3.8, 4) is 21.7 Å². The Bertz CT molecular complexity index is 1400. The summed E-state index contributed by atoms with van der Waals surface area (Å²) < 4.78 is 48.6. The molecule has 2 aromatic carbocycles. The van der Waals surface area contributed by atoms with Gasteiger partial charge in [0, 0.05) is 48.0 Å². The smallest absolute Gasteiger partial charge is 0.275 e. The predicted molar refractivity (Wildman–Crippen MR) is 142 cm³/mol. The SMILES string of the molecule is Cn1cc(NC(=O)c2csc(-c3cccc(-c4cccc(Cl)c4F)c3F)n2)cn1.NC1CCCOCC1F. The van der Waals surface area contributed by atoms with Crippen LogP contribution in [0.15, 0.2) is 54.2 Å². The molecule has 1 amide bonds. The highest BCUT2D eigenvalue weighted by Crippen LogP contribution is 2.35. The molecule has 1 saturated heterocycles. The zero-order valence-electron chi connectivity index (χ0n) is 20.3. The summed E-state index contributed by atoms with van der Waals surface area (Å²) in [5, 5.41) is 8.40. The summed E-state index contributed by atoms with van der Waals surface area (Å²) in [6.45, 7) is 0.843. The second-order valence-electron chi connectivity index (χ2n) is 8.56. The van der Waals surface area contributed by atoms with E-state index in [4.69, 9.17) is 22.1 Å². The first-order chi connectivity index (χ1) is 18.2. The molecule has 2 atom stereocenters. The van der Waals surface area contributed by atoms with Gasteiger partial charge in [0.2, 0.25) is 0 Å². The third-order valence-electron chi connectivity index (χ3n) is 5.74. The Kier molecular flexibility index (Phi) is 9.16. The van der Waals surface area contributed by atoms with E-state index >= 15 is 4.39 Å². The first-order valence-corrected chi connectivity index (χ1v) is 13.0. The van der Waals surface area contributed by atoms with Crippen LogP contribution in [0.3, 0.4) is 0 Å². The minimum absolute atomic E-state index is 0.0583. The molecule has 200 valence electrons. The van der Waals surface area contributed by atoms with Crippen molar-refractivity contribution in [2.24, 2.45) is 12.8 Å².